The fourth-order valence-corrected chi connectivity index (χ4v) is 0.846. The van der Waals surface area contributed by atoms with Crippen LogP contribution in [0.1, 0.15) is 5.56 Å². The highest BCUT2D eigenvalue weighted by molar-refractivity contribution is 5.47. The van der Waals surface area contributed by atoms with Gasteiger partial charge in [-0.25, -0.2) is 4.98 Å². The van der Waals surface area contributed by atoms with Gasteiger partial charge in [-0.15, -0.1) is 0 Å². The number of nitrogens with zero attached hydrogens (tertiary/aromatic N) is 1. The molecule has 0 aromatic carbocycles. The van der Waals surface area contributed by atoms with E-state index in [9.17, 15) is 13.2 Å². The third-order valence-corrected chi connectivity index (χ3v) is 1.35. The highest BCUT2D eigenvalue weighted by atomic mass is 19.4. The van der Waals surface area contributed by atoms with Crippen molar-refractivity contribution in [2.75, 3.05) is 5.32 Å². The number of hydrogen-bond acceptors (Lipinski definition) is 2. The van der Waals surface area contributed by atoms with Crippen LogP contribution in [0.5, 0.6) is 0 Å². The van der Waals surface area contributed by atoms with Gasteiger partial charge in [-0.3, -0.25) is 0 Å². The van der Waals surface area contributed by atoms with Gasteiger partial charge >= 0.3 is 6.18 Å². The lowest BCUT2D eigenvalue weighted by molar-refractivity contribution is -0.137. The van der Waals surface area contributed by atoms with Gasteiger partial charge in [-0.1, -0.05) is 6.58 Å². The molecule has 0 unspecified atom stereocenters. The Labute approximate surface area is 73.1 Å². The zero-order valence-electron chi connectivity index (χ0n) is 6.60. The van der Waals surface area contributed by atoms with Crippen LogP contribution in [-0.2, 0) is 6.18 Å². The van der Waals surface area contributed by atoms with Crippen molar-refractivity contribution < 1.29 is 13.2 Å². The normalized spacial score (nSPS) is 11.0. The minimum Gasteiger partial charge on any atom is -0.347 e. The van der Waals surface area contributed by atoms with E-state index in [0.29, 0.717) is 0 Å². The zero-order chi connectivity index (χ0) is 9.90. The van der Waals surface area contributed by atoms with Crippen LogP contribution in [0.15, 0.2) is 31.1 Å². The number of rotatable bonds is 2. The standard InChI is InChI=1S/C8H7F3N2/c1-2-12-7-6(8(9,10)11)4-3-5-13-7/h2-5H,1H2,(H,12,13). The summed E-state index contributed by atoms with van der Waals surface area (Å²) in [6.07, 6.45) is -1.96. The Morgan fingerprint density at radius 3 is 2.69 bits per heavy atom. The van der Waals surface area contributed by atoms with Crippen molar-refractivity contribution >= 4 is 5.82 Å². The van der Waals surface area contributed by atoms with E-state index < -0.39 is 11.7 Å². The number of halogens is 3. The molecule has 0 saturated heterocycles. The van der Waals surface area contributed by atoms with Crippen LogP contribution >= 0.6 is 0 Å². The first-order chi connectivity index (χ1) is 6.05. The molecule has 0 radical (unpaired) electrons. The van der Waals surface area contributed by atoms with Crippen LogP contribution in [0.4, 0.5) is 19.0 Å². The van der Waals surface area contributed by atoms with Crippen molar-refractivity contribution in [3.8, 4) is 0 Å². The van der Waals surface area contributed by atoms with Crippen molar-refractivity contribution in [1.29, 1.82) is 0 Å². The van der Waals surface area contributed by atoms with E-state index in [1.807, 2.05) is 0 Å². The minimum absolute atomic E-state index is 0.231. The van der Waals surface area contributed by atoms with Gasteiger partial charge in [-0.2, -0.15) is 13.2 Å². The van der Waals surface area contributed by atoms with Crippen LogP contribution in [0.2, 0.25) is 0 Å². The Morgan fingerprint density at radius 2 is 2.15 bits per heavy atom. The molecule has 0 amide bonds. The Hall–Kier alpha value is -1.52. The molecule has 0 aliphatic heterocycles. The molecular formula is C8H7F3N2. The van der Waals surface area contributed by atoms with Crippen molar-refractivity contribution in [2.45, 2.75) is 6.18 Å². The molecule has 1 rings (SSSR count). The summed E-state index contributed by atoms with van der Waals surface area (Å²) in [5.74, 6) is -0.231. The van der Waals surface area contributed by atoms with Gasteiger partial charge < -0.3 is 5.32 Å². The quantitative estimate of drug-likeness (QED) is 0.771. The molecule has 0 aliphatic rings. The second kappa shape index (κ2) is 3.47. The van der Waals surface area contributed by atoms with Gasteiger partial charge in [0.05, 0.1) is 5.56 Å². The lowest BCUT2D eigenvalue weighted by atomic mass is 10.2. The van der Waals surface area contributed by atoms with E-state index >= 15 is 0 Å². The number of nitrogens with one attached hydrogen (secondary N) is 1. The summed E-state index contributed by atoms with van der Waals surface area (Å²) in [5, 5.41) is 2.32. The number of anilines is 1. The van der Waals surface area contributed by atoms with Gasteiger partial charge in [0.2, 0.25) is 0 Å². The second-order valence-electron chi connectivity index (χ2n) is 2.25. The molecule has 2 nitrogen and oxygen atoms in total. The Balaban J connectivity index is 3.11. The Bertz CT molecular complexity index is 307. The molecule has 1 N–H and O–H groups in total. The molecule has 1 heterocycles. The van der Waals surface area contributed by atoms with Gasteiger partial charge in [0.25, 0.3) is 0 Å². The largest absolute Gasteiger partial charge is 0.419 e. The van der Waals surface area contributed by atoms with Crippen molar-refractivity contribution in [3.05, 3.63) is 36.7 Å². The maximum absolute atomic E-state index is 12.3. The fourth-order valence-electron chi connectivity index (χ4n) is 0.846. The van der Waals surface area contributed by atoms with Gasteiger partial charge in [0.15, 0.2) is 0 Å². The Morgan fingerprint density at radius 1 is 1.46 bits per heavy atom. The molecule has 0 fully saturated rings. The summed E-state index contributed by atoms with van der Waals surface area (Å²) < 4.78 is 36.8. The predicted octanol–water partition coefficient (Wildman–Crippen LogP) is 2.66. The lowest BCUT2D eigenvalue weighted by Gasteiger charge is -2.10. The van der Waals surface area contributed by atoms with E-state index in [2.05, 4.69) is 16.9 Å². The molecule has 0 spiro atoms. The van der Waals surface area contributed by atoms with Crippen molar-refractivity contribution in [3.63, 3.8) is 0 Å². The molecule has 0 saturated carbocycles. The zero-order valence-corrected chi connectivity index (χ0v) is 6.60. The van der Waals surface area contributed by atoms with Crippen molar-refractivity contribution in [2.24, 2.45) is 0 Å². The summed E-state index contributed by atoms with van der Waals surface area (Å²) in [5.41, 5.74) is -0.796. The SMILES string of the molecule is C=CNc1ncccc1C(F)(F)F. The highest BCUT2D eigenvalue weighted by Gasteiger charge is 2.33. The highest BCUT2D eigenvalue weighted by Crippen LogP contribution is 2.33. The molecule has 0 atom stereocenters. The maximum atomic E-state index is 12.3. The third-order valence-electron chi connectivity index (χ3n) is 1.35. The molecule has 1 aromatic rings. The second-order valence-corrected chi connectivity index (χ2v) is 2.25. The van der Waals surface area contributed by atoms with Gasteiger partial charge in [0, 0.05) is 6.20 Å². The smallest absolute Gasteiger partial charge is 0.347 e. The monoisotopic (exact) mass is 188 g/mol. The number of pyridine rings is 1. The van der Waals surface area contributed by atoms with Crippen LogP contribution in [0.25, 0.3) is 0 Å². The average molecular weight is 188 g/mol. The van der Waals surface area contributed by atoms with E-state index in [4.69, 9.17) is 0 Å². The van der Waals surface area contributed by atoms with Crippen LogP contribution in [-0.4, -0.2) is 4.98 Å². The topological polar surface area (TPSA) is 24.9 Å². The summed E-state index contributed by atoms with van der Waals surface area (Å²) in [6, 6.07) is 2.19. The first kappa shape index (κ1) is 9.57. The Kier molecular flexibility index (Phi) is 2.55. The van der Waals surface area contributed by atoms with Crippen LogP contribution in [0.3, 0.4) is 0 Å². The summed E-state index contributed by atoms with van der Waals surface area (Å²) in [7, 11) is 0. The van der Waals surface area contributed by atoms with E-state index in [-0.39, 0.29) is 5.82 Å². The first-order valence-electron chi connectivity index (χ1n) is 3.45. The van der Waals surface area contributed by atoms with E-state index in [1.165, 1.54) is 12.3 Å². The lowest BCUT2D eigenvalue weighted by Crippen LogP contribution is -2.09. The molecule has 5 heteroatoms. The number of alkyl halides is 3. The molecule has 70 valence electrons. The molecule has 0 bridgehead atoms. The fraction of sp³-hybridized carbons (Fsp3) is 0.125. The maximum Gasteiger partial charge on any atom is 0.419 e. The summed E-state index contributed by atoms with van der Waals surface area (Å²) in [6.45, 7) is 3.26. The predicted molar refractivity (Wildman–Crippen MR) is 43.1 cm³/mol. The number of hydrogen-bond donors (Lipinski definition) is 1. The number of aromatic nitrogens is 1. The van der Waals surface area contributed by atoms with Crippen LogP contribution in [0, 0.1) is 0 Å². The van der Waals surface area contributed by atoms with Gasteiger partial charge in [-0.05, 0) is 18.3 Å². The van der Waals surface area contributed by atoms with Gasteiger partial charge in [0.1, 0.15) is 5.82 Å². The first-order valence-corrected chi connectivity index (χ1v) is 3.45. The van der Waals surface area contributed by atoms with E-state index in [1.54, 1.807) is 0 Å². The average Bonchev–Trinajstić information content (AvgIpc) is 2.04. The van der Waals surface area contributed by atoms with Crippen LogP contribution < -0.4 is 5.32 Å². The van der Waals surface area contributed by atoms with Crippen molar-refractivity contribution in [1.82, 2.24) is 4.98 Å². The van der Waals surface area contributed by atoms with E-state index in [0.717, 1.165) is 12.3 Å². The third kappa shape index (κ3) is 2.21. The molecule has 1 aromatic heterocycles. The molecule has 13 heavy (non-hydrogen) atoms. The summed E-state index contributed by atoms with van der Waals surface area (Å²) >= 11 is 0. The summed E-state index contributed by atoms with van der Waals surface area (Å²) in [4.78, 5) is 3.53. The molecular weight excluding hydrogens is 181 g/mol. The minimum atomic E-state index is -4.39. The molecule has 0 aliphatic carbocycles.